The van der Waals surface area contributed by atoms with Gasteiger partial charge in [-0.1, -0.05) is 19.1 Å². The molecule has 110 valence electrons. The van der Waals surface area contributed by atoms with Crippen LogP contribution in [0, 0.1) is 0 Å². The van der Waals surface area contributed by atoms with E-state index in [2.05, 4.69) is 0 Å². The number of halogens is 3. The maximum absolute atomic E-state index is 12.6. The normalized spacial score (nSPS) is 11.8. The van der Waals surface area contributed by atoms with Crippen molar-refractivity contribution in [2.24, 2.45) is 0 Å². The molecule has 0 amide bonds. The third-order valence-electron chi connectivity index (χ3n) is 2.45. The van der Waals surface area contributed by atoms with E-state index in [9.17, 15) is 18.0 Å². The summed E-state index contributed by atoms with van der Waals surface area (Å²) in [7, 11) is 0. The third kappa shape index (κ3) is 4.95. The third-order valence-corrected chi connectivity index (χ3v) is 2.45. The molecule has 1 N–H and O–H groups in total. The van der Waals surface area contributed by atoms with Gasteiger partial charge in [0.2, 0.25) is 0 Å². The lowest BCUT2D eigenvalue weighted by Gasteiger charge is -2.13. The highest BCUT2D eigenvalue weighted by atomic mass is 19.4. The number of carbonyl (C=O) groups is 1. The van der Waals surface area contributed by atoms with Gasteiger partial charge in [-0.2, -0.15) is 13.2 Å². The number of alkyl halides is 3. The van der Waals surface area contributed by atoms with Gasteiger partial charge in [0, 0.05) is 6.08 Å². The average molecular weight is 288 g/mol. The topological polar surface area (TPSA) is 46.5 Å². The van der Waals surface area contributed by atoms with Crippen molar-refractivity contribution >= 4 is 5.97 Å². The summed E-state index contributed by atoms with van der Waals surface area (Å²) in [4.78, 5) is 10.4. The molecule has 0 radical (unpaired) electrons. The molecular formula is C14H15F3O3. The maximum atomic E-state index is 12.6. The summed E-state index contributed by atoms with van der Waals surface area (Å²) >= 11 is 0. The minimum atomic E-state index is -4.43. The van der Waals surface area contributed by atoms with Gasteiger partial charge in [0.15, 0.2) is 0 Å². The van der Waals surface area contributed by atoms with E-state index in [0.29, 0.717) is 18.6 Å². The Balaban J connectivity index is 3.00. The monoisotopic (exact) mass is 288 g/mol. The van der Waals surface area contributed by atoms with Crippen LogP contribution in [-0.4, -0.2) is 17.7 Å². The van der Waals surface area contributed by atoms with Gasteiger partial charge in [-0.25, -0.2) is 4.79 Å². The van der Waals surface area contributed by atoms with Gasteiger partial charge >= 0.3 is 12.1 Å². The Kier molecular flexibility index (Phi) is 5.61. The Morgan fingerprint density at radius 3 is 2.65 bits per heavy atom. The Bertz CT molecular complexity index is 493. The lowest BCUT2D eigenvalue weighted by atomic mass is 10.1. The summed E-state index contributed by atoms with van der Waals surface area (Å²) in [6.07, 6.45) is -1.26. The van der Waals surface area contributed by atoms with Crippen molar-refractivity contribution < 1.29 is 27.8 Å². The molecular weight excluding hydrogens is 273 g/mol. The number of allylic oxidation sites excluding steroid dienone is 1. The number of ether oxygens (including phenoxy) is 1. The van der Waals surface area contributed by atoms with Crippen molar-refractivity contribution in [3.05, 3.63) is 41.5 Å². The Morgan fingerprint density at radius 2 is 2.10 bits per heavy atom. The standard InChI is InChI=1S/C14H15F3O3/c1-2-8-20-12-9-11(14(15,16)17)7-6-10(12)4-3-5-13(18)19/h3,5-7,9H,2,4,8H2,1H3,(H,18,19). The van der Waals surface area contributed by atoms with Gasteiger partial charge in [0.25, 0.3) is 0 Å². The molecule has 0 saturated heterocycles. The smallest absolute Gasteiger partial charge is 0.416 e. The van der Waals surface area contributed by atoms with Gasteiger partial charge in [-0.05, 0) is 30.5 Å². The predicted octanol–water partition coefficient (Wildman–Crippen LogP) is 3.68. The van der Waals surface area contributed by atoms with E-state index in [4.69, 9.17) is 9.84 Å². The second-order valence-electron chi connectivity index (χ2n) is 4.11. The number of benzene rings is 1. The number of carboxylic acid groups (broad SMARTS) is 1. The predicted molar refractivity (Wildman–Crippen MR) is 67.7 cm³/mol. The molecule has 0 spiro atoms. The first-order chi connectivity index (χ1) is 9.34. The van der Waals surface area contributed by atoms with Gasteiger partial charge in [-0.15, -0.1) is 0 Å². The number of hydrogen-bond donors (Lipinski definition) is 1. The van der Waals surface area contributed by atoms with Crippen LogP contribution in [0.3, 0.4) is 0 Å². The van der Waals surface area contributed by atoms with Crippen LogP contribution < -0.4 is 4.74 Å². The maximum Gasteiger partial charge on any atom is 0.416 e. The molecule has 0 atom stereocenters. The van der Waals surface area contributed by atoms with Crippen LogP contribution >= 0.6 is 0 Å². The van der Waals surface area contributed by atoms with Gasteiger partial charge in [0.1, 0.15) is 5.75 Å². The molecule has 1 aromatic rings. The first-order valence-electron chi connectivity index (χ1n) is 6.07. The number of hydrogen-bond acceptors (Lipinski definition) is 2. The molecule has 0 aliphatic carbocycles. The second-order valence-corrected chi connectivity index (χ2v) is 4.11. The average Bonchev–Trinajstić information content (AvgIpc) is 2.35. The molecule has 1 rings (SSSR count). The van der Waals surface area contributed by atoms with Crippen LogP contribution in [0.2, 0.25) is 0 Å². The van der Waals surface area contributed by atoms with E-state index in [1.165, 1.54) is 12.1 Å². The van der Waals surface area contributed by atoms with Crippen molar-refractivity contribution in [3.63, 3.8) is 0 Å². The van der Waals surface area contributed by atoms with Crippen molar-refractivity contribution in [2.45, 2.75) is 25.9 Å². The summed E-state index contributed by atoms with van der Waals surface area (Å²) in [6, 6.07) is 3.21. The second kappa shape index (κ2) is 6.98. The highest BCUT2D eigenvalue weighted by Gasteiger charge is 2.31. The van der Waals surface area contributed by atoms with Crippen molar-refractivity contribution in [1.29, 1.82) is 0 Å². The van der Waals surface area contributed by atoms with Crippen LogP contribution in [0.1, 0.15) is 24.5 Å². The summed E-state index contributed by atoms with van der Waals surface area (Å²) in [6.45, 7) is 2.15. The minimum absolute atomic E-state index is 0.136. The lowest BCUT2D eigenvalue weighted by molar-refractivity contribution is -0.137. The zero-order valence-electron chi connectivity index (χ0n) is 10.9. The summed E-state index contributed by atoms with van der Waals surface area (Å²) in [5.74, 6) is -0.968. The quantitative estimate of drug-likeness (QED) is 0.812. The molecule has 0 fully saturated rings. The highest BCUT2D eigenvalue weighted by Crippen LogP contribution is 2.33. The van der Waals surface area contributed by atoms with E-state index in [1.807, 2.05) is 6.92 Å². The van der Waals surface area contributed by atoms with Crippen LogP contribution in [0.25, 0.3) is 0 Å². The molecule has 0 unspecified atom stereocenters. The Hall–Kier alpha value is -1.98. The van der Waals surface area contributed by atoms with Crippen LogP contribution in [0.4, 0.5) is 13.2 Å². The molecule has 0 aliphatic heterocycles. The highest BCUT2D eigenvalue weighted by molar-refractivity contribution is 5.79. The zero-order valence-corrected chi connectivity index (χ0v) is 10.9. The Labute approximate surface area is 114 Å². The summed E-state index contributed by atoms with van der Waals surface area (Å²) in [5, 5.41) is 8.49. The molecule has 1 aromatic carbocycles. The fraction of sp³-hybridized carbons (Fsp3) is 0.357. The summed E-state index contributed by atoms with van der Waals surface area (Å²) < 4.78 is 43.2. The number of carboxylic acids is 1. The molecule has 0 aromatic heterocycles. The van der Waals surface area contributed by atoms with Gasteiger partial charge < -0.3 is 9.84 Å². The van der Waals surface area contributed by atoms with Crippen molar-refractivity contribution in [1.82, 2.24) is 0 Å². The zero-order chi connectivity index (χ0) is 15.2. The van der Waals surface area contributed by atoms with Crippen LogP contribution in [-0.2, 0) is 17.4 Å². The Morgan fingerprint density at radius 1 is 1.40 bits per heavy atom. The van der Waals surface area contributed by atoms with Gasteiger partial charge in [0.05, 0.1) is 12.2 Å². The first kappa shape index (κ1) is 16.1. The van der Waals surface area contributed by atoms with E-state index in [0.717, 1.165) is 18.2 Å². The van der Waals surface area contributed by atoms with E-state index >= 15 is 0 Å². The van der Waals surface area contributed by atoms with E-state index in [-0.39, 0.29) is 12.2 Å². The van der Waals surface area contributed by atoms with E-state index in [1.54, 1.807) is 0 Å². The lowest BCUT2D eigenvalue weighted by Crippen LogP contribution is -2.07. The van der Waals surface area contributed by atoms with Crippen molar-refractivity contribution in [3.8, 4) is 5.75 Å². The largest absolute Gasteiger partial charge is 0.493 e. The van der Waals surface area contributed by atoms with Crippen molar-refractivity contribution in [2.75, 3.05) is 6.61 Å². The molecule has 3 nitrogen and oxygen atoms in total. The number of aliphatic carboxylic acids is 1. The number of rotatable bonds is 6. The molecule has 6 heteroatoms. The molecule has 0 heterocycles. The molecule has 0 aliphatic rings. The SMILES string of the molecule is CCCOc1cc(C(F)(F)F)ccc1CC=CC(=O)O. The molecule has 0 saturated carbocycles. The van der Waals surface area contributed by atoms with E-state index < -0.39 is 17.7 Å². The summed E-state index contributed by atoms with van der Waals surface area (Å²) in [5.41, 5.74) is -0.265. The fourth-order valence-corrected chi connectivity index (χ4v) is 1.53. The molecule has 20 heavy (non-hydrogen) atoms. The first-order valence-corrected chi connectivity index (χ1v) is 6.07. The van der Waals surface area contributed by atoms with Crippen LogP contribution in [0.15, 0.2) is 30.4 Å². The van der Waals surface area contributed by atoms with Crippen LogP contribution in [0.5, 0.6) is 5.75 Å². The minimum Gasteiger partial charge on any atom is -0.493 e. The molecule has 0 bridgehead atoms. The fourth-order valence-electron chi connectivity index (χ4n) is 1.53. The van der Waals surface area contributed by atoms with Gasteiger partial charge in [-0.3, -0.25) is 0 Å².